The van der Waals surface area contributed by atoms with Crippen molar-refractivity contribution < 1.29 is 34.0 Å². The molecule has 1 saturated heterocycles. The highest BCUT2D eigenvalue weighted by Gasteiger charge is 2.81. The van der Waals surface area contributed by atoms with Crippen LogP contribution in [0.5, 0.6) is 17.2 Å². The van der Waals surface area contributed by atoms with E-state index >= 15 is 0 Å². The Morgan fingerprint density at radius 3 is 2.48 bits per heavy atom. The number of ether oxygens (including phenoxy) is 3. The van der Waals surface area contributed by atoms with E-state index in [0.717, 1.165) is 5.57 Å². The first kappa shape index (κ1) is 27.0. The third-order valence-corrected chi connectivity index (χ3v) is 9.32. The topological polar surface area (TPSA) is 102 Å². The van der Waals surface area contributed by atoms with E-state index in [4.69, 9.17) is 14.2 Å². The molecule has 7 nitrogen and oxygen atoms in total. The molecule has 3 heterocycles. The maximum Gasteiger partial charge on any atom is 0.200 e. The Morgan fingerprint density at radius 1 is 1.07 bits per heavy atom. The molecular formula is C33H38O7. The van der Waals surface area contributed by atoms with Crippen LogP contribution in [0.25, 0.3) is 6.08 Å². The largest absolute Gasteiger partial charge is 0.506 e. The van der Waals surface area contributed by atoms with Gasteiger partial charge in [0.05, 0.1) is 17.8 Å². The number of aliphatic hydroxyl groups excluding tert-OH is 1. The lowest BCUT2D eigenvalue weighted by Crippen LogP contribution is -2.72. The molecule has 212 valence electrons. The molecule has 1 spiro atoms. The van der Waals surface area contributed by atoms with Gasteiger partial charge in [-0.1, -0.05) is 29.4 Å². The molecule has 1 aromatic rings. The Hall–Kier alpha value is -3.16. The second-order valence-electron chi connectivity index (χ2n) is 13.2. The molecule has 6 aliphatic rings. The number of benzene rings is 1. The van der Waals surface area contributed by atoms with Crippen molar-refractivity contribution in [2.45, 2.75) is 90.1 Å². The van der Waals surface area contributed by atoms with Gasteiger partial charge in [0, 0.05) is 29.4 Å². The van der Waals surface area contributed by atoms with Gasteiger partial charge < -0.3 is 24.4 Å². The van der Waals surface area contributed by atoms with Crippen LogP contribution in [0.2, 0.25) is 0 Å². The summed E-state index contributed by atoms with van der Waals surface area (Å²) in [5.41, 5.74) is -0.823. The molecule has 4 bridgehead atoms. The van der Waals surface area contributed by atoms with Crippen LogP contribution in [0, 0.1) is 11.8 Å². The number of Topliss-reactive ketones (excluding diaryl/α,β-unsaturated/α-hetero) is 2. The standard InChI is InChI=1S/C33H38O7/c1-17(2)8-9-21-27-20(11-12-30(4,5)38-27)25(35)24-26(36)22-14-19-15-23-31(6,7)40-32(29(19)37,13-10-18(3)16-34)33(22,23)39-28(21)24/h8,10-12,14,19,23,34-35H,9,13,15-16H2,1-7H3/b18-10-/t19-,23+,32+,33-/m1/s1. The van der Waals surface area contributed by atoms with Gasteiger partial charge in [-0.05, 0) is 73.5 Å². The smallest absolute Gasteiger partial charge is 0.200 e. The van der Waals surface area contributed by atoms with E-state index in [9.17, 15) is 19.8 Å². The minimum absolute atomic E-state index is 0.107. The molecule has 3 aliphatic carbocycles. The first-order chi connectivity index (χ1) is 18.7. The summed E-state index contributed by atoms with van der Waals surface area (Å²) in [7, 11) is 0. The second kappa shape index (κ2) is 8.43. The Kier molecular flexibility index (Phi) is 5.70. The molecule has 2 fully saturated rings. The number of ketones is 2. The summed E-state index contributed by atoms with van der Waals surface area (Å²) in [5.74, 6) is -0.661. The zero-order valence-corrected chi connectivity index (χ0v) is 24.3. The third-order valence-electron chi connectivity index (χ3n) is 9.32. The fourth-order valence-corrected chi connectivity index (χ4v) is 7.44. The molecule has 1 saturated carbocycles. The zero-order chi connectivity index (χ0) is 29.0. The fraction of sp³-hybridized carbons (Fsp3) is 0.515. The SMILES string of the molecule is CC(C)=CCc1c2c(c(O)c3c1O[C@]14C(=C[C@@H]5C[C@H]1C(C)(C)O[C@@]4(C/C=C(/C)CO)C5=O)C3=O)C=CC(C)(C)O2. The van der Waals surface area contributed by atoms with Crippen LogP contribution in [0.4, 0.5) is 0 Å². The Balaban J connectivity index is 1.66. The highest BCUT2D eigenvalue weighted by Crippen LogP contribution is 2.68. The predicted molar refractivity (Wildman–Crippen MR) is 151 cm³/mol. The van der Waals surface area contributed by atoms with Crippen LogP contribution >= 0.6 is 0 Å². The number of fused-ring (bicyclic) bond motifs is 2. The minimum atomic E-state index is -1.45. The molecule has 7 heteroatoms. The number of carbonyl (C=O) groups excluding carboxylic acids is 2. The van der Waals surface area contributed by atoms with Crippen LogP contribution in [0.3, 0.4) is 0 Å². The number of aliphatic hydroxyl groups is 1. The molecule has 0 radical (unpaired) electrons. The van der Waals surface area contributed by atoms with Gasteiger partial charge in [0.2, 0.25) is 0 Å². The summed E-state index contributed by atoms with van der Waals surface area (Å²) in [5, 5.41) is 21.3. The summed E-state index contributed by atoms with van der Waals surface area (Å²) < 4.78 is 20.2. The minimum Gasteiger partial charge on any atom is -0.506 e. The molecular weight excluding hydrogens is 508 g/mol. The number of phenolic OH excluding ortho intramolecular Hbond substituents is 1. The molecule has 0 aromatic heterocycles. The number of hydrogen-bond acceptors (Lipinski definition) is 7. The van der Waals surface area contributed by atoms with E-state index < -0.39 is 28.3 Å². The molecule has 40 heavy (non-hydrogen) atoms. The summed E-state index contributed by atoms with van der Waals surface area (Å²) in [4.78, 5) is 28.7. The number of carbonyl (C=O) groups is 2. The number of allylic oxidation sites excluding steroid dienone is 3. The molecule has 3 aliphatic heterocycles. The van der Waals surface area contributed by atoms with Crippen molar-refractivity contribution in [1.29, 1.82) is 0 Å². The van der Waals surface area contributed by atoms with Crippen molar-refractivity contribution in [3.63, 3.8) is 0 Å². The predicted octanol–water partition coefficient (Wildman–Crippen LogP) is 5.42. The molecule has 7 rings (SSSR count). The van der Waals surface area contributed by atoms with Crippen molar-refractivity contribution >= 4 is 17.6 Å². The fourth-order valence-electron chi connectivity index (χ4n) is 7.44. The lowest BCUT2D eigenvalue weighted by atomic mass is 9.51. The normalized spacial score (nSPS) is 32.0. The lowest BCUT2D eigenvalue weighted by molar-refractivity contribution is -0.171. The van der Waals surface area contributed by atoms with Crippen LogP contribution in [-0.4, -0.2) is 50.8 Å². The maximum atomic E-state index is 14.5. The van der Waals surface area contributed by atoms with Gasteiger partial charge in [0.25, 0.3) is 0 Å². The van der Waals surface area contributed by atoms with Gasteiger partial charge in [0.1, 0.15) is 28.4 Å². The molecule has 0 unspecified atom stereocenters. The average molecular weight is 547 g/mol. The summed E-state index contributed by atoms with van der Waals surface area (Å²) in [6.45, 7) is 13.4. The second-order valence-corrected chi connectivity index (χ2v) is 13.2. The van der Waals surface area contributed by atoms with Crippen molar-refractivity contribution in [2.75, 3.05) is 6.61 Å². The summed E-state index contributed by atoms with van der Waals surface area (Å²) >= 11 is 0. The van der Waals surface area contributed by atoms with Crippen LogP contribution in [0.15, 0.2) is 41.0 Å². The summed E-state index contributed by atoms with van der Waals surface area (Å²) in [6, 6.07) is 0. The first-order valence-electron chi connectivity index (χ1n) is 14.1. The zero-order valence-electron chi connectivity index (χ0n) is 24.3. The van der Waals surface area contributed by atoms with Gasteiger partial charge in [0.15, 0.2) is 22.8 Å². The van der Waals surface area contributed by atoms with E-state index in [1.807, 2.05) is 65.8 Å². The van der Waals surface area contributed by atoms with Crippen LogP contribution < -0.4 is 9.47 Å². The van der Waals surface area contributed by atoms with Gasteiger partial charge in [-0.2, -0.15) is 0 Å². The number of hydrogen-bond donors (Lipinski definition) is 2. The number of aromatic hydroxyl groups is 1. The van der Waals surface area contributed by atoms with E-state index in [0.29, 0.717) is 40.9 Å². The van der Waals surface area contributed by atoms with Crippen molar-refractivity contribution in [3.8, 4) is 17.2 Å². The van der Waals surface area contributed by atoms with E-state index in [-0.39, 0.29) is 47.6 Å². The van der Waals surface area contributed by atoms with Crippen molar-refractivity contribution in [3.05, 3.63) is 57.7 Å². The van der Waals surface area contributed by atoms with Gasteiger partial charge in [-0.3, -0.25) is 9.59 Å². The number of rotatable bonds is 5. The first-order valence-corrected chi connectivity index (χ1v) is 14.1. The molecule has 4 atom stereocenters. The molecule has 0 amide bonds. The highest BCUT2D eigenvalue weighted by atomic mass is 16.6. The lowest BCUT2D eigenvalue weighted by Gasteiger charge is -2.56. The Labute approximate surface area is 235 Å². The van der Waals surface area contributed by atoms with E-state index in [2.05, 4.69) is 0 Å². The van der Waals surface area contributed by atoms with Crippen LogP contribution in [0.1, 0.15) is 82.8 Å². The maximum absolute atomic E-state index is 14.5. The third kappa shape index (κ3) is 3.37. The van der Waals surface area contributed by atoms with Gasteiger partial charge in [-0.25, -0.2) is 0 Å². The quantitative estimate of drug-likeness (QED) is 0.476. The van der Waals surface area contributed by atoms with Crippen LogP contribution in [-0.2, 0) is 16.0 Å². The molecule has 1 aromatic carbocycles. The van der Waals surface area contributed by atoms with E-state index in [1.54, 1.807) is 13.0 Å². The molecule has 2 N–H and O–H groups in total. The van der Waals surface area contributed by atoms with Gasteiger partial charge in [-0.15, -0.1) is 0 Å². The highest BCUT2D eigenvalue weighted by molar-refractivity contribution is 6.19. The number of phenols is 1. The van der Waals surface area contributed by atoms with Crippen molar-refractivity contribution in [2.24, 2.45) is 11.8 Å². The Bertz CT molecular complexity index is 1480. The van der Waals surface area contributed by atoms with Crippen molar-refractivity contribution in [1.82, 2.24) is 0 Å². The average Bonchev–Trinajstić information content (AvgIpc) is 3.03. The van der Waals surface area contributed by atoms with E-state index in [1.165, 1.54) is 0 Å². The Morgan fingerprint density at radius 2 is 1.80 bits per heavy atom. The summed E-state index contributed by atoms with van der Waals surface area (Å²) in [6.07, 6.45) is 10.4. The monoisotopic (exact) mass is 546 g/mol. The van der Waals surface area contributed by atoms with Gasteiger partial charge >= 0.3 is 0 Å².